The maximum absolute atomic E-state index is 13.0. The second kappa shape index (κ2) is 16.2. The summed E-state index contributed by atoms with van der Waals surface area (Å²) in [5.41, 5.74) is 0.769. The van der Waals surface area contributed by atoms with Crippen molar-refractivity contribution in [3.05, 3.63) is 95.6 Å². The summed E-state index contributed by atoms with van der Waals surface area (Å²) in [7, 11) is -1.87. The number of carboxylic acid groups (broad SMARTS) is 1. The van der Waals surface area contributed by atoms with Crippen LogP contribution in [0, 0.1) is 17.2 Å². The highest BCUT2D eigenvalue weighted by Gasteiger charge is 2.47. The van der Waals surface area contributed by atoms with Crippen LogP contribution in [-0.4, -0.2) is 89.0 Å². The molecule has 0 bridgehead atoms. The molecule has 51 heavy (non-hydrogen) atoms. The molecule has 0 radical (unpaired) electrons. The monoisotopic (exact) mass is 731 g/mol. The first-order valence-corrected chi connectivity index (χ1v) is 18.9. The van der Waals surface area contributed by atoms with Crippen molar-refractivity contribution in [3.8, 4) is 11.8 Å². The Morgan fingerprint density at radius 2 is 1.75 bits per heavy atom. The highest BCUT2D eigenvalue weighted by atomic mass is 32.2. The maximum atomic E-state index is 13.0. The Kier molecular flexibility index (Phi) is 12.0. The van der Waals surface area contributed by atoms with Gasteiger partial charge in [0.2, 0.25) is 16.9 Å². The zero-order valence-electron chi connectivity index (χ0n) is 28.6. The molecule has 0 aliphatic carbocycles. The summed E-state index contributed by atoms with van der Waals surface area (Å²) in [6, 6.07) is 23.8. The van der Waals surface area contributed by atoms with Gasteiger partial charge in [-0.15, -0.1) is 11.8 Å². The number of aliphatic carboxylic acids is 1. The van der Waals surface area contributed by atoms with E-state index in [4.69, 9.17) is 10.00 Å². The number of carbonyl (C=O) groups excluding carboxylic acids is 3. The van der Waals surface area contributed by atoms with E-state index in [2.05, 4.69) is 6.07 Å². The molecule has 268 valence electrons. The number of aliphatic hydroxyl groups is 1. The molecule has 6 rings (SSSR count). The topological polar surface area (TPSA) is 165 Å². The third kappa shape index (κ3) is 8.69. The Morgan fingerprint density at radius 1 is 1.08 bits per heavy atom. The van der Waals surface area contributed by atoms with Crippen molar-refractivity contribution >= 4 is 45.5 Å². The van der Waals surface area contributed by atoms with Gasteiger partial charge >= 0.3 is 5.97 Å². The van der Waals surface area contributed by atoms with E-state index in [0.29, 0.717) is 42.8 Å². The van der Waals surface area contributed by atoms with Crippen LogP contribution in [-0.2, 0) is 25.2 Å². The van der Waals surface area contributed by atoms with Gasteiger partial charge in [0.1, 0.15) is 23.5 Å². The standard InChI is InChI=1S/C22H23NO5S2.C16H18N2O3/c1-15(14-30(28)22(27)16-8-4-2-5-9-16)20(24)23-13-18(12-19(23)21(25)26)29-17-10-6-3-7-11-17;1-16(2)15(20)14(18-7-3-4-13(18)19)11-8-10(9-17)5-6-12(11)21-16/h2-11,15,18-19H,12-14H2,1H3,(H,25,26);5-6,8,14-15,20H,3-4,7H2,1-2H3. The summed E-state index contributed by atoms with van der Waals surface area (Å²) in [4.78, 5) is 53.2. The van der Waals surface area contributed by atoms with Crippen molar-refractivity contribution in [1.29, 1.82) is 5.26 Å². The van der Waals surface area contributed by atoms with Crippen LogP contribution in [0.5, 0.6) is 5.75 Å². The third-order valence-electron chi connectivity index (χ3n) is 9.20. The molecular weight excluding hydrogens is 691 g/mol. The number of benzene rings is 3. The van der Waals surface area contributed by atoms with E-state index in [-0.39, 0.29) is 22.8 Å². The number of ether oxygens (including phenoxy) is 1. The number of aliphatic hydroxyl groups excluding tert-OH is 1. The van der Waals surface area contributed by atoms with Crippen LogP contribution < -0.4 is 4.74 Å². The van der Waals surface area contributed by atoms with Crippen molar-refractivity contribution in [2.45, 2.75) is 74.0 Å². The van der Waals surface area contributed by atoms with E-state index >= 15 is 0 Å². The van der Waals surface area contributed by atoms with Gasteiger partial charge < -0.3 is 24.7 Å². The predicted octanol–water partition coefficient (Wildman–Crippen LogP) is 4.81. The number of fused-ring (bicyclic) bond motifs is 1. The molecule has 0 saturated carbocycles. The number of hydrogen-bond acceptors (Lipinski definition) is 9. The first kappa shape index (κ1) is 37.7. The first-order chi connectivity index (χ1) is 24.3. The van der Waals surface area contributed by atoms with Crippen molar-refractivity contribution in [2.75, 3.05) is 18.8 Å². The molecule has 2 N–H and O–H groups in total. The molecule has 3 aromatic carbocycles. The fraction of sp³-hybridized carbons (Fsp3) is 0.395. The summed E-state index contributed by atoms with van der Waals surface area (Å²) in [5.74, 6) is -1.60. The SMILES string of the molecule is CC(CS(=O)C(=O)c1ccccc1)C(=O)N1CC(Sc2ccccc2)CC1C(=O)O.CC1(C)Oc2ccc(C#N)cc2C(N2CCCC2=O)C1O. The zero-order valence-corrected chi connectivity index (χ0v) is 30.3. The lowest BCUT2D eigenvalue weighted by atomic mass is 9.85. The number of likely N-dealkylation sites (tertiary alicyclic amines) is 2. The second-order valence-corrected chi connectivity index (χ2v) is 16.1. The highest BCUT2D eigenvalue weighted by molar-refractivity contribution is 8.01. The minimum absolute atomic E-state index is 0.0406. The number of nitrogens with zero attached hydrogens (tertiary/aromatic N) is 3. The molecule has 3 heterocycles. The summed E-state index contributed by atoms with van der Waals surface area (Å²) in [6.07, 6.45) is 0.828. The minimum Gasteiger partial charge on any atom is -0.485 e. The molecule has 6 unspecified atom stereocenters. The van der Waals surface area contributed by atoms with Crippen molar-refractivity contribution in [3.63, 3.8) is 0 Å². The van der Waals surface area contributed by atoms with Crippen LogP contribution in [0.15, 0.2) is 83.8 Å². The lowest BCUT2D eigenvalue weighted by Gasteiger charge is -2.45. The molecule has 3 aromatic rings. The van der Waals surface area contributed by atoms with Crippen LogP contribution in [0.4, 0.5) is 0 Å². The van der Waals surface area contributed by atoms with Gasteiger partial charge in [-0.25, -0.2) is 4.79 Å². The zero-order chi connectivity index (χ0) is 36.9. The van der Waals surface area contributed by atoms with E-state index in [1.54, 1.807) is 72.1 Å². The van der Waals surface area contributed by atoms with Crippen LogP contribution >= 0.6 is 11.8 Å². The van der Waals surface area contributed by atoms with Gasteiger partial charge in [0.25, 0.3) is 0 Å². The lowest BCUT2D eigenvalue weighted by Crippen LogP contribution is -2.53. The number of hydrogen-bond donors (Lipinski definition) is 2. The average molecular weight is 732 g/mol. The van der Waals surface area contributed by atoms with E-state index in [0.717, 1.165) is 16.9 Å². The van der Waals surface area contributed by atoms with Crippen molar-refractivity contribution in [2.24, 2.45) is 5.92 Å². The molecule has 3 aliphatic heterocycles. The molecule has 11 nitrogen and oxygen atoms in total. The number of amides is 2. The van der Waals surface area contributed by atoms with Gasteiger partial charge in [-0.3, -0.25) is 18.6 Å². The highest BCUT2D eigenvalue weighted by Crippen LogP contribution is 2.44. The molecule has 13 heteroatoms. The minimum atomic E-state index is -1.87. The van der Waals surface area contributed by atoms with Crippen molar-refractivity contribution < 1.29 is 38.3 Å². The summed E-state index contributed by atoms with van der Waals surface area (Å²) >= 11 is 1.55. The smallest absolute Gasteiger partial charge is 0.326 e. The normalized spacial score (nSPS) is 23.2. The lowest BCUT2D eigenvalue weighted by molar-refractivity contribution is -0.149. The summed E-state index contributed by atoms with van der Waals surface area (Å²) in [5, 5.41) is 28.8. The van der Waals surface area contributed by atoms with Gasteiger partial charge in [0.05, 0.1) is 28.5 Å². The fourth-order valence-corrected chi connectivity index (χ4v) is 8.91. The number of rotatable bonds is 8. The Bertz CT molecular complexity index is 1830. The third-order valence-corrected chi connectivity index (χ3v) is 11.9. The van der Waals surface area contributed by atoms with E-state index in [9.17, 15) is 33.6 Å². The van der Waals surface area contributed by atoms with Crippen LogP contribution in [0.1, 0.15) is 67.6 Å². The van der Waals surface area contributed by atoms with Gasteiger partial charge in [-0.2, -0.15) is 5.26 Å². The quantitative estimate of drug-likeness (QED) is 0.329. The molecule has 6 atom stereocenters. The average Bonchev–Trinajstić information content (AvgIpc) is 3.75. The predicted molar refractivity (Wildman–Crippen MR) is 192 cm³/mol. The molecule has 2 fully saturated rings. The fourth-order valence-electron chi connectivity index (χ4n) is 6.55. The maximum Gasteiger partial charge on any atom is 0.326 e. The number of thioether (sulfide) groups is 1. The molecule has 0 aromatic heterocycles. The largest absolute Gasteiger partial charge is 0.485 e. The Morgan fingerprint density at radius 3 is 2.35 bits per heavy atom. The first-order valence-electron chi connectivity index (χ1n) is 16.7. The van der Waals surface area contributed by atoms with Crippen LogP contribution in [0.2, 0.25) is 0 Å². The number of carbonyl (C=O) groups is 4. The van der Waals surface area contributed by atoms with Gasteiger partial charge in [0.15, 0.2) is 0 Å². The van der Waals surface area contributed by atoms with Crippen LogP contribution in [0.3, 0.4) is 0 Å². The molecule has 3 aliphatic rings. The summed E-state index contributed by atoms with van der Waals surface area (Å²) in [6.45, 7) is 6.15. The van der Waals surface area contributed by atoms with E-state index < -0.39 is 51.6 Å². The van der Waals surface area contributed by atoms with E-state index in [1.807, 2.05) is 44.2 Å². The van der Waals surface area contributed by atoms with Crippen LogP contribution in [0.25, 0.3) is 0 Å². The molecule has 0 spiro atoms. The number of nitriles is 1. The van der Waals surface area contributed by atoms with Gasteiger partial charge in [0, 0.05) is 52.5 Å². The Balaban J connectivity index is 0.000000210. The number of carboxylic acids is 1. The van der Waals surface area contributed by atoms with E-state index in [1.165, 1.54) is 4.90 Å². The summed E-state index contributed by atoms with van der Waals surface area (Å²) < 4.78 is 18.3. The molecular formula is C38H41N3O8S2. The Labute approximate surface area is 304 Å². The van der Waals surface area contributed by atoms with Gasteiger partial charge in [-0.05, 0) is 57.0 Å². The molecule has 2 amide bonds. The van der Waals surface area contributed by atoms with Crippen molar-refractivity contribution in [1.82, 2.24) is 9.80 Å². The second-order valence-electron chi connectivity index (χ2n) is 13.4. The Hall–Kier alpha value is -4.51. The van der Waals surface area contributed by atoms with Gasteiger partial charge in [-0.1, -0.05) is 55.5 Å². The molecule has 2 saturated heterocycles.